The molecule has 0 spiro atoms. The zero-order valence-electron chi connectivity index (χ0n) is 15.3. The number of benzene rings is 2. The molecule has 0 radical (unpaired) electrons. The molecule has 0 saturated carbocycles. The number of rotatable bonds is 6. The minimum absolute atomic E-state index is 0.128. The van der Waals surface area contributed by atoms with Gasteiger partial charge in [-0.05, 0) is 61.9 Å². The molecule has 1 N–H and O–H groups in total. The summed E-state index contributed by atoms with van der Waals surface area (Å²) in [7, 11) is 0. The number of halogens is 2. The quantitative estimate of drug-likeness (QED) is 0.448. The molecule has 7 heteroatoms. The SMILES string of the molecule is CC(C)Oc1ccc(-c2csc(NC(=O)/C=C/c3ccc(Cl)cc3Cl)n2)cc1. The van der Waals surface area contributed by atoms with Gasteiger partial charge in [-0.15, -0.1) is 11.3 Å². The van der Waals surface area contributed by atoms with Gasteiger partial charge in [0.05, 0.1) is 11.8 Å². The summed E-state index contributed by atoms with van der Waals surface area (Å²) in [6, 6.07) is 12.8. The molecule has 0 atom stereocenters. The Morgan fingerprint density at radius 2 is 1.93 bits per heavy atom. The molecule has 3 rings (SSSR count). The van der Waals surface area contributed by atoms with E-state index in [4.69, 9.17) is 27.9 Å². The van der Waals surface area contributed by atoms with E-state index in [9.17, 15) is 4.79 Å². The topological polar surface area (TPSA) is 51.2 Å². The summed E-state index contributed by atoms with van der Waals surface area (Å²) in [4.78, 5) is 16.6. The summed E-state index contributed by atoms with van der Waals surface area (Å²) >= 11 is 13.3. The lowest BCUT2D eigenvalue weighted by atomic mass is 10.2. The van der Waals surface area contributed by atoms with Gasteiger partial charge in [0, 0.05) is 27.1 Å². The number of nitrogens with zero attached hydrogens (tertiary/aromatic N) is 1. The number of carbonyl (C=O) groups is 1. The predicted molar refractivity (Wildman–Crippen MR) is 117 cm³/mol. The number of ether oxygens (including phenoxy) is 1. The lowest BCUT2D eigenvalue weighted by Gasteiger charge is -2.09. The van der Waals surface area contributed by atoms with E-state index in [1.54, 1.807) is 24.3 Å². The normalized spacial score (nSPS) is 11.2. The van der Waals surface area contributed by atoms with Crippen LogP contribution in [-0.4, -0.2) is 17.0 Å². The Morgan fingerprint density at radius 3 is 2.61 bits per heavy atom. The average Bonchev–Trinajstić information content (AvgIpc) is 3.09. The summed E-state index contributed by atoms with van der Waals surface area (Å²) in [5.74, 6) is 0.529. The van der Waals surface area contributed by atoms with Crippen LogP contribution in [0.5, 0.6) is 5.75 Å². The molecular weight excluding hydrogens is 415 g/mol. The van der Waals surface area contributed by atoms with Crippen LogP contribution in [0.4, 0.5) is 5.13 Å². The molecule has 0 unspecified atom stereocenters. The molecular formula is C21H18Cl2N2O2S. The minimum atomic E-state index is -0.285. The van der Waals surface area contributed by atoms with Crippen molar-refractivity contribution in [3.8, 4) is 17.0 Å². The maximum Gasteiger partial charge on any atom is 0.250 e. The summed E-state index contributed by atoms with van der Waals surface area (Å²) in [6.45, 7) is 3.97. The van der Waals surface area contributed by atoms with E-state index in [2.05, 4.69) is 10.3 Å². The summed E-state index contributed by atoms with van der Waals surface area (Å²) in [5.41, 5.74) is 2.46. The van der Waals surface area contributed by atoms with Crippen LogP contribution in [0.15, 0.2) is 53.9 Å². The van der Waals surface area contributed by atoms with Gasteiger partial charge in [-0.1, -0.05) is 29.3 Å². The largest absolute Gasteiger partial charge is 0.491 e. The van der Waals surface area contributed by atoms with E-state index in [0.29, 0.717) is 20.7 Å². The number of nitrogens with one attached hydrogen (secondary N) is 1. The molecule has 1 heterocycles. The van der Waals surface area contributed by atoms with Crippen LogP contribution in [0.1, 0.15) is 19.4 Å². The third-order valence-corrected chi connectivity index (χ3v) is 4.95. The Hall–Kier alpha value is -2.34. The number of hydrogen-bond acceptors (Lipinski definition) is 4. The average molecular weight is 433 g/mol. The highest BCUT2D eigenvalue weighted by Crippen LogP contribution is 2.27. The Labute approximate surface area is 177 Å². The number of anilines is 1. The van der Waals surface area contributed by atoms with Crippen molar-refractivity contribution in [2.75, 3.05) is 5.32 Å². The molecule has 144 valence electrons. The third-order valence-electron chi connectivity index (χ3n) is 3.63. The van der Waals surface area contributed by atoms with Crippen LogP contribution in [0.25, 0.3) is 17.3 Å². The Bertz CT molecular complexity index is 998. The van der Waals surface area contributed by atoms with Gasteiger partial charge in [0.15, 0.2) is 5.13 Å². The maximum atomic E-state index is 12.1. The first-order valence-electron chi connectivity index (χ1n) is 8.57. The third kappa shape index (κ3) is 5.58. The van der Waals surface area contributed by atoms with E-state index in [0.717, 1.165) is 17.0 Å². The van der Waals surface area contributed by atoms with Crippen LogP contribution in [0.2, 0.25) is 10.0 Å². The first kappa shape index (κ1) is 20.4. The molecule has 28 heavy (non-hydrogen) atoms. The van der Waals surface area contributed by atoms with Gasteiger partial charge in [0.25, 0.3) is 0 Å². The lowest BCUT2D eigenvalue weighted by Crippen LogP contribution is -2.07. The smallest absolute Gasteiger partial charge is 0.250 e. The molecule has 0 aliphatic rings. The van der Waals surface area contributed by atoms with Crippen LogP contribution >= 0.6 is 34.5 Å². The second-order valence-corrected chi connectivity index (χ2v) is 7.92. The van der Waals surface area contributed by atoms with E-state index < -0.39 is 0 Å². The van der Waals surface area contributed by atoms with Crippen LogP contribution in [0, 0.1) is 0 Å². The fraction of sp³-hybridized carbons (Fsp3) is 0.143. The number of hydrogen-bond donors (Lipinski definition) is 1. The second-order valence-electron chi connectivity index (χ2n) is 6.22. The summed E-state index contributed by atoms with van der Waals surface area (Å²) in [5, 5.41) is 6.21. The van der Waals surface area contributed by atoms with Gasteiger partial charge < -0.3 is 4.74 Å². The van der Waals surface area contributed by atoms with Crippen molar-refractivity contribution >= 4 is 51.7 Å². The van der Waals surface area contributed by atoms with Crippen molar-refractivity contribution in [1.82, 2.24) is 4.98 Å². The monoisotopic (exact) mass is 432 g/mol. The lowest BCUT2D eigenvalue weighted by molar-refractivity contribution is -0.111. The fourth-order valence-electron chi connectivity index (χ4n) is 2.39. The highest BCUT2D eigenvalue weighted by atomic mass is 35.5. The van der Waals surface area contributed by atoms with Crippen molar-refractivity contribution in [1.29, 1.82) is 0 Å². The molecule has 0 bridgehead atoms. The first-order valence-corrected chi connectivity index (χ1v) is 10.2. The summed E-state index contributed by atoms with van der Waals surface area (Å²) in [6.07, 6.45) is 3.17. The number of thiazole rings is 1. The second kappa shape index (κ2) is 9.24. The van der Waals surface area contributed by atoms with Gasteiger partial charge in [-0.3, -0.25) is 10.1 Å². The van der Waals surface area contributed by atoms with Crippen molar-refractivity contribution in [2.45, 2.75) is 20.0 Å². The van der Waals surface area contributed by atoms with Gasteiger partial charge in [-0.2, -0.15) is 0 Å². The van der Waals surface area contributed by atoms with E-state index in [1.807, 2.05) is 43.5 Å². The number of amides is 1. The van der Waals surface area contributed by atoms with Crippen molar-refractivity contribution in [2.24, 2.45) is 0 Å². The van der Waals surface area contributed by atoms with E-state index >= 15 is 0 Å². The van der Waals surface area contributed by atoms with Gasteiger partial charge in [0.1, 0.15) is 5.75 Å². The number of carbonyl (C=O) groups excluding carboxylic acids is 1. The van der Waals surface area contributed by atoms with Crippen LogP contribution in [0.3, 0.4) is 0 Å². The van der Waals surface area contributed by atoms with Crippen molar-refractivity contribution < 1.29 is 9.53 Å². The Morgan fingerprint density at radius 1 is 1.18 bits per heavy atom. The van der Waals surface area contributed by atoms with Gasteiger partial charge >= 0.3 is 0 Å². The fourth-order valence-corrected chi connectivity index (χ4v) is 3.58. The highest BCUT2D eigenvalue weighted by molar-refractivity contribution is 7.14. The molecule has 0 saturated heterocycles. The molecule has 0 aliphatic carbocycles. The van der Waals surface area contributed by atoms with Crippen LogP contribution < -0.4 is 10.1 Å². The van der Waals surface area contributed by atoms with E-state index in [-0.39, 0.29) is 12.0 Å². The minimum Gasteiger partial charge on any atom is -0.491 e. The first-order chi connectivity index (χ1) is 13.4. The maximum absolute atomic E-state index is 12.1. The van der Waals surface area contributed by atoms with Gasteiger partial charge in [0.2, 0.25) is 5.91 Å². The van der Waals surface area contributed by atoms with Crippen molar-refractivity contribution in [3.05, 3.63) is 69.5 Å². The molecule has 1 amide bonds. The molecule has 1 aromatic heterocycles. The van der Waals surface area contributed by atoms with Crippen LogP contribution in [-0.2, 0) is 4.79 Å². The predicted octanol–water partition coefficient (Wildman–Crippen LogP) is 6.56. The Balaban J connectivity index is 1.63. The van der Waals surface area contributed by atoms with E-state index in [1.165, 1.54) is 17.4 Å². The molecule has 4 nitrogen and oxygen atoms in total. The molecule has 3 aromatic rings. The zero-order valence-corrected chi connectivity index (χ0v) is 17.6. The van der Waals surface area contributed by atoms with Gasteiger partial charge in [-0.25, -0.2) is 4.98 Å². The number of aromatic nitrogens is 1. The molecule has 0 fully saturated rings. The Kier molecular flexibility index (Phi) is 6.73. The van der Waals surface area contributed by atoms with Crippen molar-refractivity contribution in [3.63, 3.8) is 0 Å². The summed E-state index contributed by atoms with van der Waals surface area (Å²) < 4.78 is 5.64. The molecule has 2 aromatic carbocycles. The molecule has 0 aliphatic heterocycles. The highest BCUT2D eigenvalue weighted by Gasteiger charge is 2.07. The standard InChI is InChI=1S/C21H18Cl2N2O2S/c1-13(2)27-17-8-4-15(5-9-17)19-12-28-21(24-19)25-20(26)10-6-14-3-7-16(22)11-18(14)23/h3-13H,1-2H3,(H,24,25,26)/b10-6+. The zero-order chi connectivity index (χ0) is 20.1.